The van der Waals surface area contributed by atoms with Crippen LogP contribution in [0, 0.1) is 29.6 Å². The lowest BCUT2D eigenvalue weighted by molar-refractivity contribution is 0.157. The Hall–Kier alpha value is 0.217. The standard InChI is InChI=1S/C13H21Si/c1-8-5-11-6-9-3-2-4-10(9)7-12(11)13(8)14/h8-13H,2-7H2,1H3. The molecule has 0 heterocycles. The van der Waals surface area contributed by atoms with Crippen LogP contribution in [0.1, 0.15) is 45.4 Å². The topological polar surface area (TPSA) is 0 Å². The van der Waals surface area contributed by atoms with Gasteiger partial charge in [-0.05, 0) is 54.4 Å². The molecule has 14 heavy (non-hydrogen) atoms. The zero-order valence-corrected chi connectivity index (χ0v) is 10.2. The highest BCUT2D eigenvalue weighted by Crippen LogP contribution is 2.56. The van der Waals surface area contributed by atoms with Gasteiger partial charge in [0.25, 0.3) is 0 Å². The zero-order chi connectivity index (χ0) is 9.71. The Kier molecular flexibility index (Phi) is 2.27. The van der Waals surface area contributed by atoms with Gasteiger partial charge in [0.05, 0.1) is 0 Å². The molecule has 0 aliphatic heterocycles. The van der Waals surface area contributed by atoms with Crippen molar-refractivity contribution in [1.29, 1.82) is 0 Å². The van der Waals surface area contributed by atoms with Crippen molar-refractivity contribution in [2.45, 2.75) is 51.0 Å². The molecule has 0 aromatic rings. The normalized spacial score (nSPS) is 57.0. The van der Waals surface area contributed by atoms with E-state index in [0.29, 0.717) is 0 Å². The van der Waals surface area contributed by atoms with Gasteiger partial charge in [0.15, 0.2) is 0 Å². The van der Waals surface area contributed by atoms with E-state index in [4.69, 9.17) is 0 Å². The second-order valence-corrected chi connectivity index (χ2v) is 6.75. The third kappa shape index (κ3) is 1.31. The van der Waals surface area contributed by atoms with E-state index >= 15 is 0 Å². The van der Waals surface area contributed by atoms with Crippen LogP contribution in [0.25, 0.3) is 0 Å². The van der Waals surface area contributed by atoms with Gasteiger partial charge in [-0.1, -0.05) is 26.2 Å². The van der Waals surface area contributed by atoms with E-state index in [1.807, 2.05) is 0 Å². The second kappa shape index (κ2) is 3.36. The highest BCUT2D eigenvalue weighted by Gasteiger charge is 2.46. The van der Waals surface area contributed by atoms with E-state index in [2.05, 4.69) is 17.2 Å². The average molecular weight is 205 g/mol. The quantitative estimate of drug-likeness (QED) is 0.532. The van der Waals surface area contributed by atoms with E-state index in [0.717, 1.165) is 35.1 Å². The van der Waals surface area contributed by atoms with Crippen LogP contribution in [0.4, 0.5) is 0 Å². The summed E-state index contributed by atoms with van der Waals surface area (Å²) in [6, 6.07) is 0. The van der Waals surface area contributed by atoms with Gasteiger partial charge in [-0.3, -0.25) is 0 Å². The molecular formula is C13H21Si. The summed E-state index contributed by atoms with van der Waals surface area (Å²) in [6.45, 7) is 2.44. The fourth-order valence-electron chi connectivity index (χ4n) is 4.60. The third-order valence-corrected chi connectivity index (χ3v) is 6.35. The first-order valence-electron chi connectivity index (χ1n) is 6.47. The summed E-state index contributed by atoms with van der Waals surface area (Å²) in [5.74, 6) is 5.27. The van der Waals surface area contributed by atoms with E-state index in [1.54, 1.807) is 25.7 Å². The van der Waals surface area contributed by atoms with Gasteiger partial charge < -0.3 is 0 Å². The van der Waals surface area contributed by atoms with E-state index < -0.39 is 0 Å². The van der Waals surface area contributed by atoms with Crippen molar-refractivity contribution in [3.05, 3.63) is 0 Å². The van der Waals surface area contributed by atoms with Crippen LogP contribution in [0.2, 0.25) is 5.54 Å². The first-order chi connectivity index (χ1) is 6.75. The van der Waals surface area contributed by atoms with E-state index in [-0.39, 0.29) is 0 Å². The predicted octanol–water partition coefficient (Wildman–Crippen LogP) is 3.43. The number of fused-ring (bicyclic) bond motifs is 2. The van der Waals surface area contributed by atoms with Crippen molar-refractivity contribution in [2.75, 3.05) is 0 Å². The van der Waals surface area contributed by atoms with Crippen LogP contribution >= 0.6 is 0 Å². The second-order valence-electron chi connectivity index (χ2n) is 6.09. The van der Waals surface area contributed by atoms with Gasteiger partial charge in [-0.2, -0.15) is 0 Å². The van der Waals surface area contributed by atoms with Crippen LogP contribution in [0.3, 0.4) is 0 Å². The van der Waals surface area contributed by atoms with Gasteiger partial charge >= 0.3 is 0 Å². The highest BCUT2D eigenvalue weighted by atomic mass is 28.1. The van der Waals surface area contributed by atoms with Gasteiger partial charge in [0, 0.05) is 10.2 Å². The van der Waals surface area contributed by atoms with Gasteiger partial charge in [-0.15, -0.1) is 0 Å². The molecule has 3 aliphatic rings. The maximum absolute atomic E-state index is 4.00. The van der Waals surface area contributed by atoms with Crippen LogP contribution in [-0.2, 0) is 0 Å². The molecule has 3 radical (unpaired) electrons. The molecule has 0 spiro atoms. The summed E-state index contributed by atoms with van der Waals surface area (Å²) in [5.41, 5.74) is 0.835. The van der Waals surface area contributed by atoms with Crippen molar-refractivity contribution in [2.24, 2.45) is 29.6 Å². The number of rotatable bonds is 0. The molecule has 3 rings (SSSR count). The molecule has 3 aliphatic carbocycles. The minimum absolute atomic E-state index is 0.835. The average Bonchev–Trinajstić information content (AvgIpc) is 2.70. The minimum Gasteiger partial charge on any atom is -0.0625 e. The molecule has 3 fully saturated rings. The molecule has 0 aromatic carbocycles. The Morgan fingerprint density at radius 1 is 0.929 bits per heavy atom. The fourth-order valence-corrected chi connectivity index (χ4v) is 5.14. The molecule has 0 N–H and O–H groups in total. The Morgan fingerprint density at radius 2 is 1.64 bits per heavy atom. The summed E-state index contributed by atoms with van der Waals surface area (Å²) in [4.78, 5) is 0. The Labute approximate surface area is 91.3 Å². The van der Waals surface area contributed by atoms with Crippen LogP contribution < -0.4 is 0 Å². The summed E-state index contributed by atoms with van der Waals surface area (Å²) >= 11 is 0. The van der Waals surface area contributed by atoms with Crippen molar-refractivity contribution >= 4 is 10.2 Å². The van der Waals surface area contributed by atoms with Crippen molar-refractivity contribution in [3.8, 4) is 0 Å². The molecule has 77 valence electrons. The lowest BCUT2D eigenvalue weighted by Gasteiger charge is -2.36. The first-order valence-corrected chi connectivity index (χ1v) is 7.04. The van der Waals surface area contributed by atoms with Crippen molar-refractivity contribution in [3.63, 3.8) is 0 Å². The molecule has 0 bridgehead atoms. The SMILES string of the molecule is CC1CC2CC3CCCC3CC2C1[Si]. The molecule has 0 aromatic heterocycles. The zero-order valence-electron chi connectivity index (χ0n) is 9.21. The van der Waals surface area contributed by atoms with Crippen molar-refractivity contribution < 1.29 is 0 Å². The first kappa shape index (κ1) is 9.44. The molecular weight excluding hydrogens is 184 g/mol. The molecule has 1 heteroatoms. The highest BCUT2D eigenvalue weighted by molar-refractivity contribution is 6.12. The third-order valence-electron chi connectivity index (χ3n) is 5.35. The molecule has 6 unspecified atom stereocenters. The summed E-state index contributed by atoms with van der Waals surface area (Å²) in [5, 5.41) is 0. The lowest BCUT2D eigenvalue weighted by atomic mass is 9.71. The van der Waals surface area contributed by atoms with Crippen molar-refractivity contribution in [1.82, 2.24) is 0 Å². The summed E-state index contributed by atoms with van der Waals surface area (Å²) in [6.07, 6.45) is 9.24. The Bertz CT molecular complexity index is 225. The molecule has 0 saturated heterocycles. The Morgan fingerprint density at radius 3 is 2.43 bits per heavy atom. The van der Waals surface area contributed by atoms with E-state index in [9.17, 15) is 0 Å². The van der Waals surface area contributed by atoms with Crippen LogP contribution in [0.15, 0.2) is 0 Å². The number of hydrogen-bond acceptors (Lipinski definition) is 0. The van der Waals surface area contributed by atoms with Gasteiger partial charge in [0.1, 0.15) is 0 Å². The number of hydrogen-bond donors (Lipinski definition) is 0. The largest absolute Gasteiger partial charge is 0.0625 e. The smallest absolute Gasteiger partial charge is 0.0273 e. The lowest BCUT2D eigenvalue weighted by Crippen LogP contribution is -2.27. The molecule has 0 amide bonds. The fraction of sp³-hybridized carbons (Fsp3) is 1.00. The molecule has 6 atom stereocenters. The minimum atomic E-state index is 0.835. The maximum atomic E-state index is 4.00. The van der Waals surface area contributed by atoms with Gasteiger partial charge in [0.2, 0.25) is 0 Å². The van der Waals surface area contributed by atoms with Crippen LogP contribution in [0.5, 0.6) is 0 Å². The monoisotopic (exact) mass is 205 g/mol. The maximum Gasteiger partial charge on any atom is 0.0273 e. The molecule has 3 saturated carbocycles. The van der Waals surface area contributed by atoms with Gasteiger partial charge in [-0.25, -0.2) is 0 Å². The van der Waals surface area contributed by atoms with Crippen LogP contribution in [-0.4, -0.2) is 10.2 Å². The van der Waals surface area contributed by atoms with E-state index in [1.165, 1.54) is 12.8 Å². The summed E-state index contributed by atoms with van der Waals surface area (Å²) in [7, 11) is 4.00. The molecule has 0 nitrogen and oxygen atoms in total. The Balaban J connectivity index is 1.76. The predicted molar refractivity (Wildman–Crippen MR) is 60.3 cm³/mol. The summed E-state index contributed by atoms with van der Waals surface area (Å²) < 4.78 is 0.